The van der Waals surface area contributed by atoms with E-state index in [4.69, 9.17) is 5.11 Å². The van der Waals surface area contributed by atoms with Crippen molar-refractivity contribution >= 4 is 11.9 Å². The molecule has 0 radical (unpaired) electrons. The Morgan fingerprint density at radius 1 is 1.11 bits per heavy atom. The summed E-state index contributed by atoms with van der Waals surface area (Å²) in [5.41, 5.74) is 0. The fourth-order valence-electron chi connectivity index (χ4n) is 2.84. The third kappa shape index (κ3) is 3.22. The molecule has 2 fully saturated rings. The van der Waals surface area contributed by atoms with Gasteiger partial charge in [0, 0.05) is 13.1 Å². The Hall–Kier alpha value is -1.10. The molecule has 0 aliphatic carbocycles. The number of hydrogen-bond acceptors (Lipinski definition) is 3. The maximum Gasteiger partial charge on any atom is 0.308 e. The zero-order chi connectivity index (χ0) is 13.0. The molecule has 0 aromatic heterocycles. The number of carboxylic acid groups (broad SMARTS) is 1. The van der Waals surface area contributed by atoms with Gasteiger partial charge in [0.2, 0.25) is 5.91 Å². The first-order chi connectivity index (χ1) is 8.68. The van der Waals surface area contributed by atoms with Crippen LogP contribution in [0.25, 0.3) is 0 Å². The molecule has 0 spiro atoms. The van der Waals surface area contributed by atoms with Crippen molar-refractivity contribution < 1.29 is 14.7 Å². The van der Waals surface area contributed by atoms with E-state index in [9.17, 15) is 9.59 Å². The predicted octanol–water partition coefficient (Wildman–Crippen LogP) is 0.842. The van der Waals surface area contributed by atoms with E-state index >= 15 is 0 Å². The van der Waals surface area contributed by atoms with Crippen molar-refractivity contribution in [3.63, 3.8) is 0 Å². The van der Waals surface area contributed by atoms with Crippen LogP contribution < -0.4 is 5.32 Å². The van der Waals surface area contributed by atoms with E-state index < -0.39 is 5.97 Å². The van der Waals surface area contributed by atoms with Crippen molar-refractivity contribution in [3.05, 3.63) is 0 Å². The zero-order valence-electron chi connectivity index (χ0n) is 10.7. The fraction of sp³-hybridized carbons (Fsp3) is 0.846. The van der Waals surface area contributed by atoms with Crippen molar-refractivity contribution in [2.75, 3.05) is 19.6 Å². The van der Waals surface area contributed by atoms with Gasteiger partial charge in [-0.25, -0.2) is 0 Å². The van der Waals surface area contributed by atoms with Crippen LogP contribution in [-0.4, -0.2) is 47.6 Å². The molecule has 1 unspecified atom stereocenters. The molecular weight excluding hydrogens is 232 g/mol. The lowest BCUT2D eigenvalue weighted by Crippen LogP contribution is -2.50. The number of nitrogens with zero attached hydrogens (tertiary/aromatic N) is 1. The number of amides is 1. The van der Waals surface area contributed by atoms with Gasteiger partial charge in [-0.3, -0.25) is 9.59 Å². The number of likely N-dealkylation sites (tertiary alicyclic amines) is 1. The summed E-state index contributed by atoms with van der Waals surface area (Å²) in [6, 6.07) is -0.0972. The molecular formula is C13H22N2O3. The molecule has 1 amide bonds. The fourth-order valence-corrected chi connectivity index (χ4v) is 2.84. The lowest BCUT2D eigenvalue weighted by Gasteiger charge is -2.33. The first-order valence-corrected chi connectivity index (χ1v) is 6.93. The third-order valence-electron chi connectivity index (χ3n) is 3.94. The number of aliphatic carboxylic acids is 1. The smallest absolute Gasteiger partial charge is 0.308 e. The second kappa shape index (κ2) is 6.18. The quantitative estimate of drug-likeness (QED) is 0.766. The second-order valence-electron chi connectivity index (χ2n) is 5.32. The molecule has 2 N–H and O–H groups in total. The van der Waals surface area contributed by atoms with E-state index in [1.165, 1.54) is 6.42 Å². The molecule has 102 valence electrons. The van der Waals surface area contributed by atoms with Crippen molar-refractivity contribution in [1.29, 1.82) is 0 Å². The highest BCUT2D eigenvalue weighted by atomic mass is 16.4. The van der Waals surface area contributed by atoms with E-state index in [0.29, 0.717) is 19.5 Å². The maximum absolute atomic E-state index is 12.3. The average Bonchev–Trinajstić information content (AvgIpc) is 2.67. The van der Waals surface area contributed by atoms with E-state index in [-0.39, 0.29) is 17.9 Å². The number of hydrogen-bond donors (Lipinski definition) is 2. The van der Waals surface area contributed by atoms with Gasteiger partial charge in [-0.2, -0.15) is 0 Å². The first kappa shape index (κ1) is 13.3. The summed E-state index contributed by atoms with van der Waals surface area (Å²) in [5.74, 6) is -1.06. The Morgan fingerprint density at radius 2 is 1.94 bits per heavy atom. The number of carbonyl (C=O) groups is 2. The first-order valence-electron chi connectivity index (χ1n) is 6.93. The molecule has 2 rings (SSSR count). The standard InChI is InChI=1S/C13H22N2O3/c16-12(11-6-2-1-3-7-14-11)15-8-4-5-10(9-15)13(17)18/h10-11,14H,1-9H2,(H,17,18)/t10-,11?/m1/s1. The van der Waals surface area contributed by atoms with Crippen LogP contribution in [0.4, 0.5) is 0 Å². The van der Waals surface area contributed by atoms with E-state index in [2.05, 4.69) is 5.32 Å². The third-order valence-corrected chi connectivity index (χ3v) is 3.94. The Bertz CT molecular complexity index is 311. The molecule has 0 aromatic rings. The lowest BCUT2D eigenvalue weighted by molar-refractivity contribution is -0.146. The lowest BCUT2D eigenvalue weighted by atomic mass is 9.97. The van der Waals surface area contributed by atoms with Gasteiger partial charge in [-0.15, -0.1) is 0 Å². The molecule has 0 saturated carbocycles. The highest BCUT2D eigenvalue weighted by Gasteiger charge is 2.31. The predicted molar refractivity (Wildman–Crippen MR) is 67.2 cm³/mol. The zero-order valence-corrected chi connectivity index (χ0v) is 10.7. The summed E-state index contributed by atoms with van der Waals surface area (Å²) >= 11 is 0. The van der Waals surface area contributed by atoms with Gasteiger partial charge >= 0.3 is 5.97 Å². The van der Waals surface area contributed by atoms with Gasteiger partial charge in [0.05, 0.1) is 12.0 Å². The van der Waals surface area contributed by atoms with Crippen LogP contribution in [0.1, 0.15) is 38.5 Å². The molecule has 5 heteroatoms. The number of rotatable bonds is 2. The van der Waals surface area contributed by atoms with Gasteiger partial charge in [-0.05, 0) is 32.2 Å². The summed E-state index contributed by atoms with van der Waals surface area (Å²) in [4.78, 5) is 25.1. The normalized spacial score (nSPS) is 29.7. The van der Waals surface area contributed by atoms with Crippen molar-refractivity contribution in [2.24, 2.45) is 5.92 Å². The van der Waals surface area contributed by atoms with Crippen molar-refractivity contribution in [1.82, 2.24) is 10.2 Å². The SMILES string of the molecule is O=C(O)[C@@H]1CCCN(C(=O)C2CCCCCN2)C1. The largest absolute Gasteiger partial charge is 0.481 e. The van der Waals surface area contributed by atoms with Crippen LogP contribution in [0, 0.1) is 5.92 Å². The number of nitrogens with one attached hydrogen (secondary N) is 1. The highest BCUT2D eigenvalue weighted by molar-refractivity contribution is 5.82. The van der Waals surface area contributed by atoms with Crippen molar-refractivity contribution in [3.8, 4) is 0 Å². The van der Waals surface area contributed by atoms with E-state index in [1.807, 2.05) is 0 Å². The van der Waals surface area contributed by atoms with Crippen molar-refractivity contribution in [2.45, 2.75) is 44.6 Å². The number of carbonyl (C=O) groups excluding carboxylic acids is 1. The van der Waals surface area contributed by atoms with Gasteiger partial charge in [0.15, 0.2) is 0 Å². The van der Waals surface area contributed by atoms with Gasteiger partial charge in [-0.1, -0.05) is 12.8 Å². The summed E-state index contributed by atoms with van der Waals surface area (Å²) < 4.78 is 0. The molecule has 18 heavy (non-hydrogen) atoms. The molecule has 2 saturated heterocycles. The van der Waals surface area contributed by atoms with E-state index in [1.54, 1.807) is 4.90 Å². The Labute approximate surface area is 108 Å². The van der Waals surface area contributed by atoms with Crippen LogP contribution in [0.15, 0.2) is 0 Å². The molecule has 0 aromatic carbocycles. The van der Waals surface area contributed by atoms with Crippen LogP contribution in [0.5, 0.6) is 0 Å². The van der Waals surface area contributed by atoms with Crippen LogP contribution in [0.2, 0.25) is 0 Å². The second-order valence-corrected chi connectivity index (χ2v) is 5.32. The van der Waals surface area contributed by atoms with E-state index in [0.717, 1.165) is 32.2 Å². The topological polar surface area (TPSA) is 69.6 Å². The van der Waals surface area contributed by atoms with Crippen LogP contribution in [-0.2, 0) is 9.59 Å². The molecule has 0 bridgehead atoms. The van der Waals surface area contributed by atoms with Gasteiger partial charge in [0.25, 0.3) is 0 Å². The molecule has 2 aliphatic heterocycles. The molecule has 2 heterocycles. The summed E-state index contributed by atoms with van der Waals surface area (Å²) in [5, 5.41) is 12.3. The minimum atomic E-state index is -0.777. The maximum atomic E-state index is 12.3. The molecule has 2 aliphatic rings. The Morgan fingerprint density at radius 3 is 2.72 bits per heavy atom. The number of carboxylic acids is 1. The monoisotopic (exact) mass is 254 g/mol. The number of piperidine rings is 1. The van der Waals surface area contributed by atoms with Gasteiger partial charge < -0.3 is 15.3 Å². The van der Waals surface area contributed by atoms with Crippen LogP contribution in [0.3, 0.4) is 0 Å². The summed E-state index contributed by atoms with van der Waals surface area (Å²) in [6.07, 6.45) is 5.76. The molecule has 5 nitrogen and oxygen atoms in total. The minimum absolute atomic E-state index is 0.0972. The Kier molecular flexibility index (Phi) is 4.58. The average molecular weight is 254 g/mol. The molecule has 2 atom stereocenters. The summed E-state index contributed by atoms with van der Waals surface area (Å²) in [7, 11) is 0. The van der Waals surface area contributed by atoms with Gasteiger partial charge in [0.1, 0.15) is 0 Å². The minimum Gasteiger partial charge on any atom is -0.481 e. The highest BCUT2D eigenvalue weighted by Crippen LogP contribution is 2.19. The van der Waals surface area contributed by atoms with Crippen LogP contribution >= 0.6 is 0 Å². The Balaban J connectivity index is 1.92. The summed E-state index contributed by atoms with van der Waals surface area (Å²) in [6.45, 7) is 1.99.